The second-order valence-corrected chi connectivity index (χ2v) is 4.48. The Bertz CT molecular complexity index is 401. The predicted octanol–water partition coefficient (Wildman–Crippen LogP) is 1.86. The molecule has 3 nitrogen and oxygen atoms in total. The summed E-state index contributed by atoms with van der Waals surface area (Å²) in [5, 5.41) is 6.31. The maximum absolute atomic E-state index is 12.1. The maximum atomic E-state index is 12.1. The van der Waals surface area contributed by atoms with E-state index in [4.69, 9.17) is 0 Å². The molecule has 0 atom stereocenters. The van der Waals surface area contributed by atoms with Crippen LogP contribution in [-0.4, -0.2) is 19.0 Å². The molecule has 1 aliphatic rings. The van der Waals surface area contributed by atoms with Gasteiger partial charge in [0, 0.05) is 18.7 Å². The third-order valence-corrected chi connectivity index (χ3v) is 3.21. The Morgan fingerprint density at radius 1 is 1.47 bits per heavy atom. The topological polar surface area (TPSA) is 41.1 Å². The number of carbonyl (C=O) groups excluding carboxylic acids is 1. The van der Waals surface area contributed by atoms with Gasteiger partial charge in [0.1, 0.15) is 0 Å². The minimum Gasteiger partial charge on any atom is -0.352 e. The van der Waals surface area contributed by atoms with Gasteiger partial charge in [-0.3, -0.25) is 4.79 Å². The lowest BCUT2D eigenvalue weighted by Crippen LogP contribution is -2.30. The van der Waals surface area contributed by atoms with Gasteiger partial charge in [0.05, 0.1) is 0 Å². The summed E-state index contributed by atoms with van der Waals surface area (Å²) < 4.78 is 0. The number of amides is 1. The zero-order chi connectivity index (χ0) is 12.1. The molecular formula is C14H20N2O. The molecular weight excluding hydrogens is 212 g/mol. The van der Waals surface area contributed by atoms with Crippen LogP contribution in [-0.2, 0) is 13.0 Å². The van der Waals surface area contributed by atoms with Crippen molar-refractivity contribution in [2.24, 2.45) is 0 Å². The molecule has 17 heavy (non-hydrogen) atoms. The molecule has 2 rings (SSSR count). The number of hydrogen-bond acceptors (Lipinski definition) is 2. The van der Waals surface area contributed by atoms with Crippen molar-refractivity contribution in [1.82, 2.24) is 10.6 Å². The van der Waals surface area contributed by atoms with Gasteiger partial charge in [0.2, 0.25) is 0 Å². The van der Waals surface area contributed by atoms with Crippen LogP contribution in [0, 0.1) is 0 Å². The quantitative estimate of drug-likeness (QED) is 0.778. The van der Waals surface area contributed by atoms with Crippen LogP contribution in [0.5, 0.6) is 0 Å². The highest BCUT2D eigenvalue weighted by molar-refractivity contribution is 5.96. The Morgan fingerprint density at radius 3 is 3.18 bits per heavy atom. The van der Waals surface area contributed by atoms with Gasteiger partial charge >= 0.3 is 0 Å². The van der Waals surface area contributed by atoms with E-state index in [0.717, 1.165) is 44.5 Å². The molecule has 1 aromatic carbocycles. The number of fused-ring (bicyclic) bond motifs is 1. The first kappa shape index (κ1) is 12.1. The monoisotopic (exact) mass is 232 g/mol. The molecule has 1 amide bonds. The highest BCUT2D eigenvalue weighted by Crippen LogP contribution is 2.18. The van der Waals surface area contributed by atoms with Gasteiger partial charge in [0.15, 0.2) is 0 Å². The summed E-state index contributed by atoms with van der Waals surface area (Å²) >= 11 is 0. The van der Waals surface area contributed by atoms with E-state index in [2.05, 4.69) is 23.6 Å². The number of nitrogens with one attached hydrogen (secondary N) is 2. The second kappa shape index (κ2) is 5.82. The van der Waals surface area contributed by atoms with E-state index >= 15 is 0 Å². The normalized spacial score (nSPS) is 14.2. The van der Waals surface area contributed by atoms with E-state index in [9.17, 15) is 4.79 Å². The van der Waals surface area contributed by atoms with Crippen molar-refractivity contribution in [1.29, 1.82) is 0 Å². The Hall–Kier alpha value is -1.35. The van der Waals surface area contributed by atoms with Crippen molar-refractivity contribution >= 4 is 5.91 Å². The van der Waals surface area contributed by atoms with Gasteiger partial charge in [-0.05, 0) is 36.6 Å². The van der Waals surface area contributed by atoms with Crippen molar-refractivity contribution in [2.75, 3.05) is 13.1 Å². The van der Waals surface area contributed by atoms with Crippen LogP contribution in [0.25, 0.3) is 0 Å². The standard InChI is InChI=1S/C14H20N2O/c1-2-3-8-16-14(17)12-6-4-5-11-7-9-15-10-13(11)12/h4-6,15H,2-3,7-10H2,1H3,(H,16,17). The lowest BCUT2D eigenvalue weighted by atomic mass is 9.95. The SMILES string of the molecule is CCCCNC(=O)c1cccc2c1CNCC2. The molecule has 3 heteroatoms. The molecule has 0 unspecified atom stereocenters. The molecule has 0 saturated carbocycles. The molecule has 0 fully saturated rings. The van der Waals surface area contributed by atoms with Gasteiger partial charge < -0.3 is 10.6 Å². The minimum atomic E-state index is 0.0685. The molecule has 0 radical (unpaired) electrons. The van der Waals surface area contributed by atoms with Gasteiger partial charge in [-0.15, -0.1) is 0 Å². The summed E-state index contributed by atoms with van der Waals surface area (Å²) in [6, 6.07) is 6.03. The van der Waals surface area contributed by atoms with Crippen molar-refractivity contribution in [3.63, 3.8) is 0 Å². The fraction of sp³-hybridized carbons (Fsp3) is 0.500. The average molecular weight is 232 g/mol. The maximum Gasteiger partial charge on any atom is 0.251 e. The largest absolute Gasteiger partial charge is 0.352 e. The lowest BCUT2D eigenvalue weighted by molar-refractivity contribution is 0.0952. The Kier molecular flexibility index (Phi) is 4.15. The molecule has 0 bridgehead atoms. The smallest absolute Gasteiger partial charge is 0.251 e. The summed E-state index contributed by atoms with van der Waals surface area (Å²) in [5.41, 5.74) is 3.32. The van der Waals surface area contributed by atoms with Crippen LogP contribution in [0.4, 0.5) is 0 Å². The molecule has 2 N–H and O–H groups in total. The summed E-state index contributed by atoms with van der Waals surface area (Å²) in [6.45, 7) is 4.72. The first-order chi connectivity index (χ1) is 8.33. The van der Waals surface area contributed by atoms with Crippen LogP contribution in [0.1, 0.15) is 41.3 Å². The summed E-state index contributed by atoms with van der Waals surface area (Å²) in [4.78, 5) is 12.1. The number of unbranched alkanes of at least 4 members (excludes halogenated alkanes) is 1. The van der Waals surface area contributed by atoms with Gasteiger partial charge in [-0.25, -0.2) is 0 Å². The molecule has 1 aromatic rings. The highest BCUT2D eigenvalue weighted by atomic mass is 16.1. The molecule has 92 valence electrons. The third kappa shape index (κ3) is 2.86. The van der Waals surface area contributed by atoms with Crippen molar-refractivity contribution in [3.8, 4) is 0 Å². The number of hydrogen-bond donors (Lipinski definition) is 2. The molecule has 1 heterocycles. The molecule has 0 aliphatic carbocycles. The van der Waals surface area contributed by atoms with Crippen LogP contribution in [0.3, 0.4) is 0 Å². The first-order valence-corrected chi connectivity index (χ1v) is 6.42. The second-order valence-electron chi connectivity index (χ2n) is 4.48. The predicted molar refractivity (Wildman–Crippen MR) is 69.1 cm³/mol. The lowest BCUT2D eigenvalue weighted by Gasteiger charge is -2.19. The fourth-order valence-corrected chi connectivity index (χ4v) is 2.20. The van der Waals surface area contributed by atoms with E-state index < -0.39 is 0 Å². The zero-order valence-electron chi connectivity index (χ0n) is 10.4. The Morgan fingerprint density at radius 2 is 2.35 bits per heavy atom. The average Bonchev–Trinajstić information content (AvgIpc) is 2.38. The summed E-state index contributed by atoms with van der Waals surface area (Å²) in [7, 11) is 0. The fourth-order valence-electron chi connectivity index (χ4n) is 2.20. The van der Waals surface area contributed by atoms with Crippen LogP contribution in [0.15, 0.2) is 18.2 Å². The Labute approximate surface area is 103 Å². The van der Waals surface area contributed by atoms with E-state index in [-0.39, 0.29) is 5.91 Å². The van der Waals surface area contributed by atoms with Crippen LogP contribution in [0.2, 0.25) is 0 Å². The number of rotatable bonds is 4. The van der Waals surface area contributed by atoms with Crippen molar-refractivity contribution < 1.29 is 4.79 Å². The van der Waals surface area contributed by atoms with Gasteiger partial charge in [-0.1, -0.05) is 25.5 Å². The molecule has 0 spiro atoms. The van der Waals surface area contributed by atoms with Gasteiger partial charge in [0.25, 0.3) is 5.91 Å². The van der Waals surface area contributed by atoms with Crippen molar-refractivity contribution in [3.05, 3.63) is 34.9 Å². The van der Waals surface area contributed by atoms with Crippen LogP contribution < -0.4 is 10.6 Å². The third-order valence-electron chi connectivity index (χ3n) is 3.21. The highest BCUT2D eigenvalue weighted by Gasteiger charge is 2.16. The molecule has 1 aliphatic heterocycles. The van der Waals surface area contributed by atoms with E-state index in [1.54, 1.807) is 0 Å². The van der Waals surface area contributed by atoms with E-state index in [1.807, 2.05) is 12.1 Å². The minimum absolute atomic E-state index is 0.0685. The Balaban J connectivity index is 2.12. The first-order valence-electron chi connectivity index (χ1n) is 6.42. The summed E-state index contributed by atoms with van der Waals surface area (Å²) in [6.07, 6.45) is 3.17. The zero-order valence-corrected chi connectivity index (χ0v) is 10.4. The van der Waals surface area contributed by atoms with E-state index in [0.29, 0.717) is 0 Å². The van der Waals surface area contributed by atoms with Crippen molar-refractivity contribution in [2.45, 2.75) is 32.7 Å². The number of benzene rings is 1. The number of carbonyl (C=O) groups is 1. The van der Waals surface area contributed by atoms with E-state index in [1.165, 1.54) is 11.1 Å². The molecule has 0 saturated heterocycles. The summed E-state index contributed by atoms with van der Waals surface area (Å²) in [5.74, 6) is 0.0685. The van der Waals surface area contributed by atoms with Gasteiger partial charge in [-0.2, -0.15) is 0 Å². The molecule has 0 aromatic heterocycles. The van der Waals surface area contributed by atoms with Crippen LogP contribution >= 0.6 is 0 Å².